The second-order valence-corrected chi connectivity index (χ2v) is 1.98. The molecule has 0 N–H and O–H groups in total. The van der Waals surface area contributed by atoms with E-state index in [1.54, 1.807) is 24.3 Å². The quantitative estimate of drug-likeness (QED) is 0.525. The Hall–Kier alpha value is -1.51. The van der Waals surface area contributed by atoms with Gasteiger partial charge in [-0.05, 0) is 17.6 Å². The summed E-state index contributed by atoms with van der Waals surface area (Å²) in [5.41, 5.74) is 3.81. The fourth-order valence-corrected chi connectivity index (χ4v) is 0.863. The zero-order chi connectivity index (χ0) is 6.97. The van der Waals surface area contributed by atoms with Crippen LogP contribution >= 0.6 is 0 Å². The summed E-state index contributed by atoms with van der Waals surface area (Å²) in [6.45, 7) is 0. The smallest absolute Gasteiger partial charge is 0.316 e. The van der Waals surface area contributed by atoms with Crippen LogP contribution in [0.3, 0.4) is 0 Å². The highest BCUT2D eigenvalue weighted by Crippen LogP contribution is 2.21. The maximum atomic E-state index is 10.8. The number of para-hydroxylation sites is 1. The topological polar surface area (TPSA) is 40.4 Å². The van der Waals surface area contributed by atoms with Gasteiger partial charge in [-0.25, -0.2) is 0 Å². The molecule has 1 aliphatic heterocycles. The molecule has 0 aliphatic carbocycles. The zero-order valence-corrected chi connectivity index (χ0v) is 5.07. The lowest BCUT2D eigenvalue weighted by Gasteiger charge is -1.88. The molecule has 0 fully saturated rings. The van der Waals surface area contributed by atoms with Crippen molar-refractivity contribution in [3.05, 3.63) is 29.8 Å². The summed E-state index contributed by atoms with van der Waals surface area (Å²) < 4.78 is 0. The van der Waals surface area contributed by atoms with Gasteiger partial charge in [0, 0.05) is 0 Å². The van der Waals surface area contributed by atoms with E-state index in [9.17, 15) is 4.79 Å². The van der Waals surface area contributed by atoms with Crippen molar-refractivity contribution in [3.63, 3.8) is 0 Å². The number of nitrogens with zero attached hydrogens (tertiary/aromatic N) is 1. The van der Waals surface area contributed by atoms with Gasteiger partial charge in [0.2, 0.25) is 0 Å². The van der Waals surface area contributed by atoms with Crippen LogP contribution in [0.4, 0.5) is 0 Å². The standard InChI is InChI=1S/C7H4NO2/c9-7-5-3-1-2-4-6(5)10-8-7/h1-4H. The minimum Gasteiger partial charge on any atom is -0.352 e. The molecule has 1 aliphatic rings. The normalized spacial score (nSPS) is 13.8. The molecule has 49 valence electrons. The Labute approximate surface area is 57.6 Å². The first-order chi connectivity index (χ1) is 4.88. The van der Waals surface area contributed by atoms with Crippen LogP contribution in [0.2, 0.25) is 0 Å². The van der Waals surface area contributed by atoms with Crippen LogP contribution in [0.5, 0.6) is 5.75 Å². The molecule has 1 aromatic carbocycles. The van der Waals surface area contributed by atoms with E-state index < -0.39 is 0 Å². The third-order valence-corrected chi connectivity index (χ3v) is 1.34. The summed E-state index contributed by atoms with van der Waals surface area (Å²) in [4.78, 5) is 15.5. The highest BCUT2D eigenvalue weighted by molar-refractivity contribution is 5.98. The van der Waals surface area contributed by atoms with Crippen LogP contribution in [0.25, 0.3) is 0 Å². The average molecular weight is 134 g/mol. The van der Waals surface area contributed by atoms with Gasteiger partial charge in [-0.15, -0.1) is 0 Å². The fourth-order valence-electron chi connectivity index (χ4n) is 0.863. The van der Waals surface area contributed by atoms with E-state index in [1.807, 2.05) is 0 Å². The van der Waals surface area contributed by atoms with Crippen LogP contribution in [-0.4, -0.2) is 5.91 Å². The molecule has 3 heteroatoms. The number of hydrogen-bond donors (Lipinski definition) is 0. The second kappa shape index (κ2) is 1.73. The SMILES string of the molecule is O=C1[N]Oc2ccccc21. The van der Waals surface area contributed by atoms with Crippen LogP contribution in [0.15, 0.2) is 24.3 Å². The molecule has 1 amide bonds. The van der Waals surface area contributed by atoms with Crippen molar-refractivity contribution in [2.45, 2.75) is 0 Å². The molecule has 0 spiro atoms. The average Bonchev–Trinajstić information content (AvgIpc) is 2.34. The summed E-state index contributed by atoms with van der Waals surface area (Å²) in [5.74, 6) is 0.253. The molecular formula is C7H4NO2. The van der Waals surface area contributed by atoms with Crippen LogP contribution in [0, 0.1) is 0 Å². The van der Waals surface area contributed by atoms with Crippen LogP contribution < -0.4 is 10.3 Å². The van der Waals surface area contributed by atoms with E-state index in [-0.39, 0.29) is 5.91 Å². The molecule has 0 unspecified atom stereocenters. The van der Waals surface area contributed by atoms with E-state index in [4.69, 9.17) is 0 Å². The first kappa shape index (κ1) is 5.29. The van der Waals surface area contributed by atoms with Gasteiger partial charge in [-0.1, -0.05) is 12.1 Å². The molecule has 3 nitrogen and oxygen atoms in total. The van der Waals surface area contributed by atoms with E-state index in [0.717, 1.165) is 0 Å². The number of fused-ring (bicyclic) bond motifs is 1. The number of hydroxylamine groups is 1. The molecule has 0 bridgehead atoms. The number of hydrogen-bond acceptors (Lipinski definition) is 2. The second-order valence-electron chi connectivity index (χ2n) is 1.98. The monoisotopic (exact) mass is 134 g/mol. The number of amides is 1. The molecule has 10 heavy (non-hydrogen) atoms. The first-order valence-electron chi connectivity index (χ1n) is 2.89. The summed E-state index contributed by atoms with van der Waals surface area (Å²) in [6.07, 6.45) is 0. The largest absolute Gasteiger partial charge is 0.352 e. The van der Waals surface area contributed by atoms with E-state index in [1.165, 1.54) is 0 Å². The van der Waals surface area contributed by atoms with Crippen molar-refractivity contribution in [1.29, 1.82) is 0 Å². The molecule has 1 radical (unpaired) electrons. The fraction of sp³-hybridized carbons (Fsp3) is 0. The first-order valence-corrected chi connectivity index (χ1v) is 2.89. The Balaban J connectivity index is 2.61. The summed E-state index contributed by atoms with van der Waals surface area (Å²) in [7, 11) is 0. The van der Waals surface area contributed by atoms with Crippen molar-refractivity contribution in [1.82, 2.24) is 5.48 Å². The molecular weight excluding hydrogens is 130 g/mol. The molecule has 2 rings (SSSR count). The van der Waals surface area contributed by atoms with Crippen molar-refractivity contribution in [3.8, 4) is 5.75 Å². The Morgan fingerprint density at radius 1 is 1.30 bits per heavy atom. The summed E-state index contributed by atoms with van der Waals surface area (Å²) >= 11 is 0. The molecule has 0 atom stereocenters. The minimum absolute atomic E-state index is 0.296. The van der Waals surface area contributed by atoms with E-state index in [2.05, 4.69) is 10.3 Å². The highest BCUT2D eigenvalue weighted by atomic mass is 16.7. The highest BCUT2D eigenvalue weighted by Gasteiger charge is 2.21. The van der Waals surface area contributed by atoms with Crippen molar-refractivity contribution in [2.75, 3.05) is 0 Å². The third-order valence-electron chi connectivity index (χ3n) is 1.34. The molecule has 1 heterocycles. The van der Waals surface area contributed by atoms with Gasteiger partial charge >= 0.3 is 5.91 Å². The zero-order valence-electron chi connectivity index (χ0n) is 5.07. The van der Waals surface area contributed by atoms with Gasteiger partial charge in [0.25, 0.3) is 0 Å². The maximum Gasteiger partial charge on any atom is 0.316 e. The molecule has 0 aromatic heterocycles. The number of carbonyl (C=O) groups excluding carboxylic acids is 1. The summed E-state index contributed by atoms with van der Waals surface area (Å²) in [5, 5.41) is 0. The minimum atomic E-state index is -0.296. The Bertz CT molecular complexity index is 283. The lowest BCUT2D eigenvalue weighted by Crippen LogP contribution is -2.08. The van der Waals surface area contributed by atoms with Gasteiger partial charge in [0.05, 0.1) is 5.56 Å². The Kier molecular flexibility index (Phi) is 0.917. The Morgan fingerprint density at radius 2 is 2.10 bits per heavy atom. The lowest BCUT2D eigenvalue weighted by atomic mass is 10.2. The molecule has 0 saturated heterocycles. The van der Waals surface area contributed by atoms with Crippen LogP contribution in [0.1, 0.15) is 10.4 Å². The number of benzene rings is 1. The van der Waals surface area contributed by atoms with E-state index in [0.29, 0.717) is 11.3 Å². The third kappa shape index (κ3) is 0.572. The van der Waals surface area contributed by atoms with Gasteiger partial charge in [0.15, 0.2) is 5.75 Å². The van der Waals surface area contributed by atoms with Crippen LogP contribution in [-0.2, 0) is 0 Å². The lowest BCUT2D eigenvalue weighted by molar-refractivity contribution is 0.0816. The van der Waals surface area contributed by atoms with Gasteiger partial charge in [-0.3, -0.25) is 4.79 Å². The maximum absolute atomic E-state index is 10.8. The van der Waals surface area contributed by atoms with E-state index >= 15 is 0 Å². The number of rotatable bonds is 0. The van der Waals surface area contributed by atoms with Gasteiger partial charge in [0.1, 0.15) is 0 Å². The molecule has 0 saturated carbocycles. The molecule has 1 aromatic rings. The number of carbonyl (C=O) groups is 1. The Morgan fingerprint density at radius 3 is 2.90 bits per heavy atom. The van der Waals surface area contributed by atoms with Crippen molar-refractivity contribution < 1.29 is 9.63 Å². The van der Waals surface area contributed by atoms with Gasteiger partial charge < -0.3 is 4.84 Å². The van der Waals surface area contributed by atoms with Gasteiger partial charge in [-0.2, -0.15) is 0 Å². The predicted molar refractivity (Wildman–Crippen MR) is 33.5 cm³/mol. The van der Waals surface area contributed by atoms with Crippen molar-refractivity contribution in [2.24, 2.45) is 0 Å². The predicted octanol–water partition coefficient (Wildman–Crippen LogP) is 0.739. The summed E-state index contributed by atoms with van der Waals surface area (Å²) in [6, 6.07) is 6.98. The van der Waals surface area contributed by atoms with Crippen molar-refractivity contribution >= 4 is 5.91 Å².